The highest BCUT2D eigenvalue weighted by molar-refractivity contribution is 6.43. The number of carbonyl (C=O) groups is 1. The lowest BCUT2D eigenvalue weighted by Gasteiger charge is -2.40. The summed E-state index contributed by atoms with van der Waals surface area (Å²) in [7, 11) is 2.11. The Balaban J connectivity index is 1.24. The van der Waals surface area contributed by atoms with Crippen molar-refractivity contribution in [2.45, 2.75) is 24.4 Å². The summed E-state index contributed by atoms with van der Waals surface area (Å²) in [6.07, 6.45) is 5.10. The zero-order chi connectivity index (χ0) is 27.0. The Morgan fingerprint density at radius 2 is 1.92 bits per heavy atom. The third-order valence-corrected chi connectivity index (χ3v) is 8.17. The first-order valence-corrected chi connectivity index (χ1v) is 13.5. The quantitative estimate of drug-likeness (QED) is 0.300. The molecule has 4 heterocycles. The zero-order valence-electron chi connectivity index (χ0n) is 21.2. The fraction of sp³-hybridized carbons (Fsp3) is 0.286. The number of hydrogen-bond acceptors (Lipinski definition) is 7. The van der Waals surface area contributed by atoms with Gasteiger partial charge in [-0.15, -0.1) is 0 Å². The van der Waals surface area contributed by atoms with Gasteiger partial charge in [0.25, 0.3) is 5.91 Å². The molecule has 0 spiro atoms. The van der Waals surface area contributed by atoms with Crippen molar-refractivity contribution in [3.63, 3.8) is 0 Å². The minimum absolute atomic E-state index is 0.205. The number of anilines is 1. The van der Waals surface area contributed by atoms with Crippen molar-refractivity contribution in [1.82, 2.24) is 30.4 Å². The first kappa shape index (κ1) is 25.6. The number of amides is 1. The number of hydrogen-bond donors (Lipinski definition) is 3. The molecule has 200 valence electrons. The van der Waals surface area contributed by atoms with Gasteiger partial charge in [0.15, 0.2) is 11.6 Å². The number of aromatic nitrogens is 4. The molecule has 9 nitrogen and oxygen atoms in total. The Morgan fingerprint density at radius 3 is 2.72 bits per heavy atom. The maximum atomic E-state index is 13.3. The molecule has 39 heavy (non-hydrogen) atoms. The Morgan fingerprint density at radius 1 is 1.13 bits per heavy atom. The highest BCUT2D eigenvalue weighted by Gasteiger charge is 2.39. The number of ether oxygens (including phenoxy) is 1. The molecule has 4 aromatic rings. The second-order valence-corrected chi connectivity index (χ2v) is 10.7. The van der Waals surface area contributed by atoms with Crippen molar-refractivity contribution < 1.29 is 9.53 Å². The largest absolute Gasteiger partial charge is 0.489 e. The molecular formula is C28H27Cl2N7O2. The number of rotatable bonds is 6. The Bertz CT molecular complexity index is 1500. The molecule has 0 radical (unpaired) electrons. The van der Waals surface area contributed by atoms with Gasteiger partial charge in [0.2, 0.25) is 0 Å². The number of aromatic amines is 1. The van der Waals surface area contributed by atoms with E-state index in [9.17, 15) is 4.79 Å². The van der Waals surface area contributed by atoms with E-state index >= 15 is 0 Å². The standard InChI is InChI=1S/C28H27Cl2N7O2/c1-37-13-9-28(10-14-37,27-33-25(35-36-27)17-7-11-31-12-8-17)34-19-4-2-3-18(15-19)26(38)32-22-16-39-24-20(22)5-6-21(29)23(24)30/h2-8,11-12,15,22,34H,9-10,13-14,16H2,1H3,(H,32,38)(H,33,35,36). The molecule has 1 saturated heterocycles. The van der Waals surface area contributed by atoms with E-state index in [1.807, 2.05) is 36.4 Å². The SMILES string of the molecule is CN1CCC(Nc2cccc(C(=O)NC3COc4c3ccc(Cl)c4Cl)c2)(c2nc(-c3ccncc3)n[nH]2)CC1. The number of fused-ring (bicyclic) bond motifs is 1. The average Bonchev–Trinajstić information content (AvgIpc) is 3.62. The normalized spacial score (nSPS) is 18.3. The van der Waals surface area contributed by atoms with E-state index in [1.54, 1.807) is 24.5 Å². The molecule has 2 aromatic heterocycles. The molecule has 1 atom stereocenters. The highest BCUT2D eigenvalue weighted by atomic mass is 35.5. The maximum Gasteiger partial charge on any atom is 0.251 e. The number of carbonyl (C=O) groups excluding carboxylic acids is 1. The Kier molecular flexibility index (Phi) is 6.88. The van der Waals surface area contributed by atoms with Gasteiger partial charge in [0.1, 0.15) is 17.4 Å². The van der Waals surface area contributed by atoms with Crippen LogP contribution in [0.5, 0.6) is 5.75 Å². The lowest BCUT2D eigenvalue weighted by Crippen LogP contribution is -2.46. The van der Waals surface area contributed by atoms with Gasteiger partial charge in [-0.2, -0.15) is 5.10 Å². The molecule has 3 N–H and O–H groups in total. The van der Waals surface area contributed by atoms with Crippen LogP contribution < -0.4 is 15.4 Å². The van der Waals surface area contributed by atoms with Crippen LogP contribution in [0.4, 0.5) is 5.69 Å². The third kappa shape index (κ3) is 5.05. The molecule has 0 aliphatic carbocycles. The number of benzene rings is 2. The fourth-order valence-corrected chi connectivity index (χ4v) is 5.50. The van der Waals surface area contributed by atoms with E-state index in [-0.39, 0.29) is 11.9 Å². The van der Waals surface area contributed by atoms with Crippen LogP contribution in [0.15, 0.2) is 60.9 Å². The number of nitrogens with one attached hydrogen (secondary N) is 3. The number of likely N-dealkylation sites (tertiary alicyclic amines) is 1. The molecule has 2 aliphatic rings. The highest BCUT2D eigenvalue weighted by Crippen LogP contribution is 2.42. The molecule has 11 heteroatoms. The van der Waals surface area contributed by atoms with E-state index in [1.165, 1.54) is 0 Å². The first-order chi connectivity index (χ1) is 18.9. The van der Waals surface area contributed by atoms with Crippen molar-refractivity contribution in [2.24, 2.45) is 0 Å². The number of H-pyrrole nitrogens is 1. The van der Waals surface area contributed by atoms with Crippen molar-refractivity contribution in [3.05, 3.63) is 87.9 Å². The fourth-order valence-electron chi connectivity index (χ4n) is 5.13. The summed E-state index contributed by atoms with van der Waals surface area (Å²) in [5.74, 6) is 1.71. The zero-order valence-corrected chi connectivity index (χ0v) is 22.8. The van der Waals surface area contributed by atoms with Gasteiger partial charge in [-0.25, -0.2) is 4.98 Å². The van der Waals surface area contributed by atoms with E-state index in [4.69, 9.17) is 32.9 Å². The predicted octanol–water partition coefficient (Wildman–Crippen LogP) is 5.07. The summed E-state index contributed by atoms with van der Waals surface area (Å²) in [6, 6.07) is 14.5. The average molecular weight is 564 g/mol. The Labute approximate surface area is 235 Å². The van der Waals surface area contributed by atoms with Crippen LogP contribution in [0.1, 0.15) is 40.6 Å². The number of pyridine rings is 1. The van der Waals surface area contributed by atoms with Crippen LogP contribution in [-0.2, 0) is 5.54 Å². The van der Waals surface area contributed by atoms with Crippen molar-refractivity contribution in [3.8, 4) is 17.1 Å². The van der Waals surface area contributed by atoms with Crippen LogP contribution in [0.3, 0.4) is 0 Å². The lowest BCUT2D eigenvalue weighted by molar-refractivity contribution is 0.0930. The van der Waals surface area contributed by atoms with Crippen molar-refractivity contribution in [2.75, 3.05) is 32.1 Å². The molecule has 6 rings (SSSR count). The third-order valence-electron chi connectivity index (χ3n) is 7.38. The van der Waals surface area contributed by atoms with E-state index < -0.39 is 5.54 Å². The summed E-state index contributed by atoms with van der Waals surface area (Å²) in [5, 5.41) is 15.2. The number of nitrogens with zero attached hydrogens (tertiary/aromatic N) is 4. The Hall–Kier alpha value is -3.66. The van der Waals surface area contributed by atoms with Gasteiger partial charge in [0, 0.05) is 47.9 Å². The van der Waals surface area contributed by atoms with Crippen LogP contribution in [0.25, 0.3) is 11.4 Å². The smallest absolute Gasteiger partial charge is 0.251 e. The summed E-state index contributed by atoms with van der Waals surface area (Å²) in [5.41, 5.74) is 2.61. The maximum absolute atomic E-state index is 13.3. The lowest BCUT2D eigenvalue weighted by atomic mass is 9.86. The van der Waals surface area contributed by atoms with Gasteiger partial charge in [0.05, 0.1) is 16.6 Å². The predicted molar refractivity (Wildman–Crippen MR) is 150 cm³/mol. The number of piperidine rings is 1. The second kappa shape index (κ2) is 10.5. The van der Waals surface area contributed by atoms with Crippen LogP contribution in [-0.4, -0.2) is 57.7 Å². The summed E-state index contributed by atoms with van der Waals surface area (Å²) in [6.45, 7) is 2.08. The van der Waals surface area contributed by atoms with Crippen molar-refractivity contribution in [1.29, 1.82) is 0 Å². The molecule has 1 amide bonds. The van der Waals surface area contributed by atoms with Gasteiger partial charge in [-0.3, -0.25) is 14.9 Å². The molecule has 2 aliphatic heterocycles. The topological polar surface area (TPSA) is 108 Å². The second-order valence-electron chi connectivity index (χ2n) is 9.95. The summed E-state index contributed by atoms with van der Waals surface area (Å²) in [4.78, 5) is 24.5. The van der Waals surface area contributed by atoms with E-state index in [0.29, 0.717) is 33.8 Å². The van der Waals surface area contributed by atoms with Gasteiger partial charge >= 0.3 is 0 Å². The first-order valence-electron chi connectivity index (χ1n) is 12.7. The van der Waals surface area contributed by atoms with Crippen molar-refractivity contribution >= 4 is 34.8 Å². The minimum Gasteiger partial charge on any atom is -0.489 e. The summed E-state index contributed by atoms with van der Waals surface area (Å²) < 4.78 is 5.72. The van der Waals surface area contributed by atoms with Crippen LogP contribution in [0.2, 0.25) is 10.0 Å². The molecule has 2 aromatic carbocycles. The van der Waals surface area contributed by atoms with Gasteiger partial charge in [-0.1, -0.05) is 35.3 Å². The summed E-state index contributed by atoms with van der Waals surface area (Å²) >= 11 is 12.4. The number of halogens is 2. The van der Waals surface area contributed by atoms with Crippen LogP contribution in [0, 0.1) is 0 Å². The molecule has 0 saturated carbocycles. The molecule has 1 fully saturated rings. The van der Waals surface area contributed by atoms with Gasteiger partial charge < -0.3 is 20.3 Å². The van der Waals surface area contributed by atoms with E-state index in [2.05, 4.69) is 37.8 Å². The minimum atomic E-state index is -0.464. The van der Waals surface area contributed by atoms with Crippen LogP contribution >= 0.6 is 23.2 Å². The molecular weight excluding hydrogens is 537 g/mol. The van der Waals surface area contributed by atoms with E-state index in [0.717, 1.165) is 48.6 Å². The van der Waals surface area contributed by atoms with Gasteiger partial charge in [-0.05, 0) is 56.3 Å². The monoisotopic (exact) mass is 563 g/mol. The molecule has 1 unspecified atom stereocenters. The molecule has 0 bridgehead atoms.